The number of guanidine groups is 1. The van der Waals surface area contributed by atoms with E-state index < -0.39 is 5.54 Å². The van der Waals surface area contributed by atoms with Gasteiger partial charge in [0.15, 0.2) is 5.96 Å². The molecule has 1 unspecified atom stereocenters. The minimum absolute atomic E-state index is 0.0115. The molecule has 3 aliphatic rings. The van der Waals surface area contributed by atoms with Crippen LogP contribution in [0.25, 0.3) is 0 Å². The Morgan fingerprint density at radius 3 is 2.48 bits per heavy atom. The smallest absolute Gasteiger partial charge is 0.257 e. The molecule has 2 aliphatic carbocycles. The van der Waals surface area contributed by atoms with Gasteiger partial charge in [0, 0.05) is 7.05 Å². The van der Waals surface area contributed by atoms with Crippen molar-refractivity contribution in [3.63, 3.8) is 0 Å². The molecule has 1 aliphatic heterocycles. The SMILES string of the molecule is CN1C(=N)NC(COC2CCC2)(CC2CCCCC2)C1=O. The molecule has 0 aromatic heterocycles. The Morgan fingerprint density at radius 1 is 1.24 bits per heavy atom. The Bertz CT molecular complexity index is 416. The lowest BCUT2D eigenvalue weighted by Crippen LogP contribution is -2.53. The van der Waals surface area contributed by atoms with Crippen molar-refractivity contribution in [1.29, 1.82) is 5.41 Å². The first-order valence-electron chi connectivity index (χ1n) is 8.37. The molecular formula is C16H27N3O2. The third-order valence-corrected chi connectivity index (χ3v) is 5.39. The van der Waals surface area contributed by atoms with E-state index in [1.54, 1.807) is 7.05 Å². The number of nitrogens with one attached hydrogen (secondary N) is 2. The maximum Gasteiger partial charge on any atom is 0.257 e. The van der Waals surface area contributed by atoms with Gasteiger partial charge in [0.25, 0.3) is 5.91 Å². The molecule has 3 fully saturated rings. The summed E-state index contributed by atoms with van der Waals surface area (Å²) in [5.41, 5.74) is -0.691. The second-order valence-electron chi connectivity index (χ2n) is 6.99. The first kappa shape index (κ1) is 14.8. The van der Waals surface area contributed by atoms with Crippen molar-refractivity contribution in [3.05, 3.63) is 0 Å². The molecule has 3 rings (SSSR count). The zero-order valence-electron chi connectivity index (χ0n) is 13.0. The van der Waals surface area contributed by atoms with Gasteiger partial charge < -0.3 is 10.1 Å². The van der Waals surface area contributed by atoms with Gasteiger partial charge >= 0.3 is 0 Å². The van der Waals surface area contributed by atoms with E-state index in [0.717, 1.165) is 19.3 Å². The summed E-state index contributed by atoms with van der Waals surface area (Å²) in [6.07, 6.45) is 10.9. The minimum Gasteiger partial charge on any atom is -0.375 e. The van der Waals surface area contributed by atoms with Gasteiger partial charge in [-0.2, -0.15) is 0 Å². The molecule has 1 saturated heterocycles. The van der Waals surface area contributed by atoms with Crippen LogP contribution in [0.2, 0.25) is 0 Å². The van der Waals surface area contributed by atoms with E-state index in [1.807, 2.05) is 0 Å². The molecule has 5 heteroatoms. The molecule has 1 atom stereocenters. The fraction of sp³-hybridized carbons (Fsp3) is 0.875. The number of carbonyl (C=O) groups is 1. The molecule has 21 heavy (non-hydrogen) atoms. The van der Waals surface area contributed by atoms with Gasteiger partial charge in [0.2, 0.25) is 0 Å². The van der Waals surface area contributed by atoms with Gasteiger partial charge in [-0.1, -0.05) is 32.1 Å². The second kappa shape index (κ2) is 5.95. The summed E-state index contributed by atoms with van der Waals surface area (Å²) in [4.78, 5) is 14.1. The summed E-state index contributed by atoms with van der Waals surface area (Å²) in [5, 5.41) is 11.1. The highest BCUT2D eigenvalue weighted by atomic mass is 16.5. The molecule has 1 heterocycles. The van der Waals surface area contributed by atoms with Gasteiger partial charge in [-0.05, 0) is 31.6 Å². The van der Waals surface area contributed by atoms with Crippen molar-refractivity contribution >= 4 is 11.9 Å². The van der Waals surface area contributed by atoms with Crippen molar-refractivity contribution in [2.75, 3.05) is 13.7 Å². The number of ether oxygens (including phenoxy) is 1. The van der Waals surface area contributed by atoms with Gasteiger partial charge in [-0.25, -0.2) is 0 Å². The van der Waals surface area contributed by atoms with Crippen LogP contribution in [0.1, 0.15) is 57.8 Å². The van der Waals surface area contributed by atoms with E-state index >= 15 is 0 Å². The molecule has 0 spiro atoms. The molecular weight excluding hydrogens is 266 g/mol. The van der Waals surface area contributed by atoms with Crippen molar-refractivity contribution in [2.45, 2.75) is 69.4 Å². The zero-order valence-corrected chi connectivity index (χ0v) is 13.0. The molecule has 118 valence electrons. The standard InChI is InChI=1S/C16H27N3O2/c1-19-14(20)16(18-15(19)17,11-21-13-8-5-9-13)10-12-6-3-2-4-7-12/h12-13H,2-11H2,1H3,(H2,17,18). The third-order valence-electron chi connectivity index (χ3n) is 5.39. The Labute approximate surface area is 126 Å². The van der Waals surface area contributed by atoms with E-state index in [4.69, 9.17) is 10.1 Å². The van der Waals surface area contributed by atoms with Gasteiger partial charge in [-0.15, -0.1) is 0 Å². The van der Waals surface area contributed by atoms with Crippen LogP contribution in [0.15, 0.2) is 0 Å². The maximum atomic E-state index is 12.7. The summed E-state index contributed by atoms with van der Waals surface area (Å²) in [7, 11) is 1.68. The van der Waals surface area contributed by atoms with Crippen LogP contribution in [0.5, 0.6) is 0 Å². The number of amides is 1. The zero-order chi connectivity index (χ0) is 14.9. The summed E-state index contributed by atoms with van der Waals surface area (Å²) in [5.74, 6) is 0.810. The van der Waals surface area contributed by atoms with E-state index in [-0.39, 0.29) is 11.9 Å². The Kier molecular flexibility index (Phi) is 4.20. The van der Waals surface area contributed by atoms with Crippen LogP contribution in [0.4, 0.5) is 0 Å². The van der Waals surface area contributed by atoms with Crippen molar-refractivity contribution in [1.82, 2.24) is 10.2 Å². The average Bonchev–Trinajstić information content (AvgIpc) is 2.63. The number of hydrogen-bond donors (Lipinski definition) is 2. The molecule has 0 aromatic carbocycles. The highest BCUT2D eigenvalue weighted by molar-refractivity contribution is 6.07. The fourth-order valence-electron chi connectivity index (χ4n) is 3.76. The van der Waals surface area contributed by atoms with Gasteiger partial charge in [-0.3, -0.25) is 15.1 Å². The highest BCUT2D eigenvalue weighted by Gasteiger charge is 2.50. The van der Waals surface area contributed by atoms with Crippen molar-refractivity contribution < 1.29 is 9.53 Å². The third kappa shape index (κ3) is 2.93. The van der Waals surface area contributed by atoms with Crippen LogP contribution in [0.3, 0.4) is 0 Å². The number of likely N-dealkylation sites (N-methyl/N-ethyl adjacent to an activating group) is 1. The lowest BCUT2D eigenvalue weighted by Gasteiger charge is -2.35. The second-order valence-corrected chi connectivity index (χ2v) is 6.99. The Hall–Kier alpha value is -1.10. The average molecular weight is 293 g/mol. The van der Waals surface area contributed by atoms with Crippen LogP contribution >= 0.6 is 0 Å². The number of carbonyl (C=O) groups excluding carboxylic acids is 1. The van der Waals surface area contributed by atoms with E-state index in [0.29, 0.717) is 18.6 Å². The predicted molar refractivity (Wildman–Crippen MR) is 81.1 cm³/mol. The molecule has 0 aromatic rings. The minimum atomic E-state index is -0.691. The quantitative estimate of drug-likeness (QED) is 0.817. The molecule has 2 N–H and O–H groups in total. The van der Waals surface area contributed by atoms with Gasteiger partial charge in [0.1, 0.15) is 5.54 Å². The Morgan fingerprint density at radius 2 is 1.95 bits per heavy atom. The number of rotatable bonds is 5. The highest BCUT2D eigenvalue weighted by Crippen LogP contribution is 2.34. The molecule has 2 saturated carbocycles. The fourth-order valence-corrected chi connectivity index (χ4v) is 3.76. The first-order valence-corrected chi connectivity index (χ1v) is 8.37. The normalized spacial score (nSPS) is 31.4. The summed E-state index contributed by atoms with van der Waals surface area (Å²) < 4.78 is 5.97. The Balaban J connectivity index is 1.69. The molecule has 1 amide bonds. The van der Waals surface area contributed by atoms with Crippen LogP contribution in [-0.4, -0.2) is 42.1 Å². The first-order chi connectivity index (χ1) is 10.1. The predicted octanol–water partition coefficient (Wildman–Crippen LogP) is 2.26. The lowest BCUT2D eigenvalue weighted by molar-refractivity contribution is -0.135. The topological polar surface area (TPSA) is 65.4 Å². The largest absolute Gasteiger partial charge is 0.375 e. The van der Waals surface area contributed by atoms with Gasteiger partial charge in [0.05, 0.1) is 12.7 Å². The number of nitrogens with zero attached hydrogens (tertiary/aromatic N) is 1. The molecule has 0 bridgehead atoms. The van der Waals surface area contributed by atoms with E-state index in [9.17, 15) is 4.79 Å². The lowest BCUT2D eigenvalue weighted by atomic mass is 9.79. The summed E-state index contributed by atoms with van der Waals surface area (Å²) in [6.45, 7) is 0.416. The molecule has 0 radical (unpaired) electrons. The van der Waals surface area contributed by atoms with Crippen LogP contribution in [0, 0.1) is 11.3 Å². The van der Waals surface area contributed by atoms with Crippen molar-refractivity contribution in [3.8, 4) is 0 Å². The van der Waals surface area contributed by atoms with Crippen LogP contribution in [-0.2, 0) is 9.53 Å². The summed E-state index contributed by atoms with van der Waals surface area (Å²) >= 11 is 0. The van der Waals surface area contributed by atoms with E-state index in [2.05, 4.69) is 5.32 Å². The monoisotopic (exact) mass is 293 g/mol. The van der Waals surface area contributed by atoms with Crippen molar-refractivity contribution in [2.24, 2.45) is 5.92 Å². The molecule has 5 nitrogen and oxygen atoms in total. The summed E-state index contributed by atoms with van der Waals surface area (Å²) in [6, 6.07) is 0. The number of hydrogen-bond acceptors (Lipinski definition) is 3. The van der Waals surface area contributed by atoms with E-state index in [1.165, 1.54) is 43.4 Å². The van der Waals surface area contributed by atoms with Crippen LogP contribution < -0.4 is 5.32 Å². The maximum absolute atomic E-state index is 12.7.